The number of nitrogens with one attached hydrogen (secondary N) is 1. The molecule has 8 heteroatoms. The summed E-state index contributed by atoms with van der Waals surface area (Å²) < 4.78 is 39.1. The molecule has 6 nitrogen and oxygen atoms in total. The monoisotopic (exact) mass is 365 g/mol. The number of rotatable bonds is 6. The molecule has 0 radical (unpaired) electrons. The molecule has 25 heavy (non-hydrogen) atoms. The standard InChI is InChI=1S/C17H20FN3O3S/c18-13-5-7-15(8-6-13)25(23,24)12-10-17(22)20-16-9-11-19-21(16)14-3-1-2-4-14/h5-9,11,14H,1-4,10,12H2,(H,20,22). The van der Waals surface area contributed by atoms with Gasteiger partial charge in [-0.15, -0.1) is 0 Å². The molecule has 1 amide bonds. The van der Waals surface area contributed by atoms with Crippen LogP contribution in [0.1, 0.15) is 38.1 Å². The summed E-state index contributed by atoms with van der Waals surface area (Å²) >= 11 is 0. The number of nitrogens with zero attached hydrogens (tertiary/aromatic N) is 2. The Morgan fingerprint density at radius 2 is 1.88 bits per heavy atom. The predicted molar refractivity (Wildman–Crippen MR) is 91.4 cm³/mol. The molecule has 1 aliphatic rings. The second-order valence-electron chi connectivity index (χ2n) is 6.17. The first kappa shape index (κ1) is 17.6. The lowest BCUT2D eigenvalue weighted by atomic mass is 10.2. The lowest BCUT2D eigenvalue weighted by Gasteiger charge is -2.14. The third-order valence-corrected chi connectivity index (χ3v) is 6.11. The summed E-state index contributed by atoms with van der Waals surface area (Å²) in [4.78, 5) is 12.1. The normalized spacial score (nSPS) is 15.4. The Labute approximate surface area is 146 Å². The van der Waals surface area contributed by atoms with Gasteiger partial charge in [0.25, 0.3) is 0 Å². The molecule has 0 atom stereocenters. The van der Waals surface area contributed by atoms with Crippen LogP contribution in [0.3, 0.4) is 0 Å². The summed E-state index contributed by atoms with van der Waals surface area (Å²) in [5.74, 6) is -0.624. The molecule has 1 fully saturated rings. The van der Waals surface area contributed by atoms with Crippen LogP contribution in [0, 0.1) is 5.82 Å². The second-order valence-corrected chi connectivity index (χ2v) is 8.28. The molecule has 1 saturated carbocycles. The van der Waals surface area contributed by atoms with Crippen LogP contribution in [0.15, 0.2) is 41.4 Å². The van der Waals surface area contributed by atoms with Gasteiger partial charge in [-0.1, -0.05) is 12.8 Å². The summed E-state index contributed by atoms with van der Waals surface area (Å²) in [7, 11) is -3.63. The minimum atomic E-state index is -3.63. The van der Waals surface area contributed by atoms with Gasteiger partial charge in [-0.3, -0.25) is 4.79 Å². The predicted octanol–water partition coefficient (Wildman–Crippen LogP) is 2.94. The van der Waals surface area contributed by atoms with Crippen LogP contribution in [-0.4, -0.2) is 29.9 Å². The fourth-order valence-corrected chi connectivity index (χ4v) is 4.29. The fraction of sp³-hybridized carbons (Fsp3) is 0.412. The van der Waals surface area contributed by atoms with Gasteiger partial charge in [-0.25, -0.2) is 17.5 Å². The molecule has 2 aromatic rings. The van der Waals surface area contributed by atoms with Crippen molar-refractivity contribution in [2.24, 2.45) is 0 Å². The molecule has 0 unspecified atom stereocenters. The molecule has 1 N–H and O–H groups in total. The van der Waals surface area contributed by atoms with Gasteiger partial charge in [0.2, 0.25) is 5.91 Å². The Kier molecular flexibility index (Phi) is 5.17. The fourth-order valence-electron chi connectivity index (χ4n) is 3.05. The maximum atomic E-state index is 12.9. The zero-order chi connectivity index (χ0) is 17.9. The maximum absolute atomic E-state index is 12.9. The summed E-state index contributed by atoms with van der Waals surface area (Å²) in [5.41, 5.74) is 0. The van der Waals surface area contributed by atoms with Crippen molar-refractivity contribution in [2.45, 2.75) is 43.0 Å². The molecular weight excluding hydrogens is 345 g/mol. The molecule has 134 valence electrons. The van der Waals surface area contributed by atoms with Crippen LogP contribution < -0.4 is 5.32 Å². The molecule has 0 spiro atoms. The lowest BCUT2D eigenvalue weighted by Crippen LogP contribution is -2.20. The molecule has 0 saturated heterocycles. The second kappa shape index (κ2) is 7.35. The highest BCUT2D eigenvalue weighted by Crippen LogP contribution is 2.31. The van der Waals surface area contributed by atoms with E-state index in [4.69, 9.17) is 0 Å². The van der Waals surface area contributed by atoms with Crippen molar-refractivity contribution in [3.05, 3.63) is 42.3 Å². The van der Waals surface area contributed by atoms with E-state index in [9.17, 15) is 17.6 Å². The number of anilines is 1. The van der Waals surface area contributed by atoms with Gasteiger partial charge in [0, 0.05) is 12.5 Å². The van der Waals surface area contributed by atoms with E-state index in [0.29, 0.717) is 5.82 Å². The van der Waals surface area contributed by atoms with Crippen molar-refractivity contribution < 1.29 is 17.6 Å². The molecule has 1 aromatic carbocycles. The molecule has 3 rings (SSSR count). The van der Waals surface area contributed by atoms with Crippen molar-refractivity contribution in [3.63, 3.8) is 0 Å². The molecule has 1 aliphatic carbocycles. The number of sulfone groups is 1. The van der Waals surface area contributed by atoms with Gasteiger partial charge in [0.05, 0.1) is 22.9 Å². The van der Waals surface area contributed by atoms with Gasteiger partial charge < -0.3 is 5.32 Å². The molecular formula is C17H20FN3O3S. The topological polar surface area (TPSA) is 81.1 Å². The number of benzene rings is 1. The zero-order valence-electron chi connectivity index (χ0n) is 13.7. The number of carbonyl (C=O) groups is 1. The third-order valence-electron chi connectivity index (χ3n) is 4.38. The van der Waals surface area contributed by atoms with Gasteiger partial charge in [0.15, 0.2) is 9.84 Å². The van der Waals surface area contributed by atoms with Gasteiger partial charge in [-0.05, 0) is 37.1 Å². The molecule has 1 aromatic heterocycles. The van der Waals surface area contributed by atoms with Crippen LogP contribution in [0.5, 0.6) is 0 Å². The Morgan fingerprint density at radius 1 is 1.20 bits per heavy atom. The Hall–Kier alpha value is -2.22. The van der Waals surface area contributed by atoms with E-state index in [1.807, 2.05) is 0 Å². The summed E-state index contributed by atoms with van der Waals surface area (Å²) in [5, 5.41) is 7.00. The van der Waals surface area contributed by atoms with Crippen molar-refractivity contribution in [1.29, 1.82) is 0 Å². The van der Waals surface area contributed by atoms with Crippen LogP contribution in [0.4, 0.5) is 10.2 Å². The smallest absolute Gasteiger partial charge is 0.226 e. The quantitative estimate of drug-likeness (QED) is 0.798. The van der Waals surface area contributed by atoms with E-state index in [0.717, 1.165) is 37.8 Å². The Bertz CT molecular complexity index is 840. The largest absolute Gasteiger partial charge is 0.311 e. The van der Waals surface area contributed by atoms with Crippen LogP contribution in [0.25, 0.3) is 0 Å². The number of hydrogen-bond donors (Lipinski definition) is 1. The van der Waals surface area contributed by atoms with Crippen LogP contribution >= 0.6 is 0 Å². The summed E-state index contributed by atoms with van der Waals surface area (Å²) in [6.45, 7) is 0. The average molecular weight is 365 g/mol. The number of amides is 1. The van der Waals surface area contributed by atoms with E-state index in [-0.39, 0.29) is 29.0 Å². The van der Waals surface area contributed by atoms with Gasteiger partial charge >= 0.3 is 0 Å². The minimum Gasteiger partial charge on any atom is -0.311 e. The van der Waals surface area contributed by atoms with Gasteiger partial charge in [0.1, 0.15) is 11.6 Å². The van der Waals surface area contributed by atoms with Crippen molar-refractivity contribution >= 4 is 21.6 Å². The highest BCUT2D eigenvalue weighted by Gasteiger charge is 2.21. The first-order chi connectivity index (χ1) is 12.0. The van der Waals surface area contributed by atoms with Crippen LogP contribution in [-0.2, 0) is 14.6 Å². The number of hydrogen-bond acceptors (Lipinski definition) is 4. The highest BCUT2D eigenvalue weighted by atomic mass is 32.2. The number of carbonyl (C=O) groups excluding carboxylic acids is 1. The Balaban J connectivity index is 1.60. The van der Waals surface area contributed by atoms with E-state index >= 15 is 0 Å². The average Bonchev–Trinajstić information content (AvgIpc) is 3.24. The number of halogens is 1. The molecule has 0 bridgehead atoms. The van der Waals surface area contributed by atoms with E-state index < -0.39 is 15.7 Å². The summed E-state index contributed by atoms with van der Waals surface area (Å²) in [6, 6.07) is 6.59. The molecule has 1 heterocycles. The van der Waals surface area contributed by atoms with E-state index in [2.05, 4.69) is 10.4 Å². The first-order valence-corrected chi connectivity index (χ1v) is 9.92. The maximum Gasteiger partial charge on any atom is 0.226 e. The lowest BCUT2D eigenvalue weighted by molar-refractivity contribution is -0.115. The zero-order valence-corrected chi connectivity index (χ0v) is 14.5. The number of aromatic nitrogens is 2. The first-order valence-electron chi connectivity index (χ1n) is 8.27. The van der Waals surface area contributed by atoms with Crippen molar-refractivity contribution in [1.82, 2.24) is 9.78 Å². The van der Waals surface area contributed by atoms with Crippen LogP contribution in [0.2, 0.25) is 0 Å². The summed E-state index contributed by atoms with van der Waals surface area (Å²) in [6.07, 6.45) is 5.81. The highest BCUT2D eigenvalue weighted by molar-refractivity contribution is 7.91. The Morgan fingerprint density at radius 3 is 2.56 bits per heavy atom. The van der Waals surface area contributed by atoms with Gasteiger partial charge in [-0.2, -0.15) is 5.10 Å². The van der Waals surface area contributed by atoms with Crippen molar-refractivity contribution in [2.75, 3.05) is 11.1 Å². The van der Waals surface area contributed by atoms with Crippen molar-refractivity contribution in [3.8, 4) is 0 Å². The van der Waals surface area contributed by atoms with E-state index in [1.54, 1.807) is 16.9 Å². The SMILES string of the molecule is O=C(CCS(=O)(=O)c1ccc(F)cc1)Nc1ccnn1C1CCCC1. The minimum absolute atomic E-state index is 0.0118. The molecule has 0 aliphatic heterocycles. The third kappa shape index (κ3) is 4.25. The van der Waals surface area contributed by atoms with E-state index in [1.165, 1.54) is 12.1 Å².